The van der Waals surface area contributed by atoms with Crippen LogP contribution in [0.1, 0.15) is 18.4 Å². The van der Waals surface area contributed by atoms with Gasteiger partial charge in [-0.3, -0.25) is 9.48 Å². The number of ether oxygens (including phenoxy) is 2. The van der Waals surface area contributed by atoms with Crippen molar-refractivity contribution < 1.29 is 14.3 Å². The van der Waals surface area contributed by atoms with Crippen LogP contribution < -0.4 is 9.47 Å². The number of rotatable bonds is 6. The van der Waals surface area contributed by atoms with E-state index in [1.54, 1.807) is 29.5 Å². The van der Waals surface area contributed by atoms with Crippen LogP contribution in [-0.2, 0) is 17.9 Å². The molecular weight excluding hydrogens is 376 g/mol. The normalized spacial score (nSPS) is 13.5. The number of hydrogen-bond donors (Lipinski definition) is 0. The molecule has 0 saturated carbocycles. The first kappa shape index (κ1) is 18.5. The quantitative estimate of drug-likeness (QED) is 0.638. The molecule has 1 aliphatic heterocycles. The van der Waals surface area contributed by atoms with Gasteiger partial charge in [0.25, 0.3) is 0 Å². The second kappa shape index (κ2) is 8.43. The lowest BCUT2D eigenvalue weighted by atomic mass is 10.1. The molecule has 7 nitrogen and oxygen atoms in total. The predicted molar refractivity (Wildman–Crippen MR) is 106 cm³/mol. The number of carbonyl (C=O) groups excluding carboxylic acids is 1. The topological polar surface area (TPSA) is 69.5 Å². The summed E-state index contributed by atoms with van der Waals surface area (Å²) in [4.78, 5) is 19.7. The van der Waals surface area contributed by atoms with E-state index in [1.165, 1.54) is 6.33 Å². The first-order chi connectivity index (χ1) is 13.7. The molecule has 0 aliphatic carbocycles. The molecule has 8 heteroatoms. The van der Waals surface area contributed by atoms with E-state index in [-0.39, 0.29) is 5.91 Å². The Morgan fingerprint density at radius 3 is 3.07 bits per heavy atom. The van der Waals surface area contributed by atoms with E-state index in [0.29, 0.717) is 38.4 Å². The van der Waals surface area contributed by atoms with E-state index in [2.05, 4.69) is 27.6 Å². The molecule has 1 amide bonds. The third-order valence-electron chi connectivity index (χ3n) is 4.72. The lowest BCUT2D eigenvalue weighted by molar-refractivity contribution is -0.132. The molecule has 28 heavy (non-hydrogen) atoms. The number of fused-ring (bicyclic) bond motifs is 1. The van der Waals surface area contributed by atoms with Crippen molar-refractivity contribution in [1.82, 2.24) is 19.7 Å². The summed E-state index contributed by atoms with van der Waals surface area (Å²) in [5, 5.41) is 6.12. The first-order valence-corrected chi connectivity index (χ1v) is 10.1. The first-order valence-electron chi connectivity index (χ1n) is 9.22. The lowest BCUT2D eigenvalue weighted by Gasteiger charge is -2.20. The fourth-order valence-electron chi connectivity index (χ4n) is 3.33. The molecule has 0 N–H and O–H groups in total. The Kier molecular flexibility index (Phi) is 5.57. The molecule has 0 saturated heterocycles. The molecule has 0 unspecified atom stereocenters. The molecule has 2 aromatic heterocycles. The van der Waals surface area contributed by atoms with Crippen LogP contribution in [0, 0.1) is 0 Å². The highest BCUT2D eigenvalue weighted by Crippen LogP contribution is 2.39. The van der Waals surface area contributed by atoms with Crippen LogP contribution >= 0.6 is 11.3 Å². The summed E-state index contributed by atoms with van der Waals surface area (Å²) in [6, 6.07) is 8.21. The molecule has 3 aromatic rings. The standard InChI is InChI=1S/C20H22N4O3S/c1-26-17-11-15(18-4-3-9-28-18)10-16-12-23(7-8-27-20(16)17)19(25)5-2-6-24-14-21-13-22-24/h3-4,9-11,13-14H,2,5-8,12H2,1H3. The van der Waals surface area contributed by atoms with Gasteiger partial charge >= 0.3 is 0 Å². The number of carbonyl (C=O) groups is 1. The van der Waals surface area contributed by atoms with Crippen LogP contribution in [-0.4, -0.2) is 45.8 Å². The van der Waals surface area contributed by atoms with Crippen molar-refractivity contribution in [2.24, 2.45) is 0 Å². The lowest BCUT2D eigenvalue weighted by Crippen LogP contribution is -2.32. The van der Waals surface area contributed by atoms with E-state index in [1.807, 2.05) is 17.0 Å². The Bertz CT molecular complexity index is 925. The van der Waals surface area contributed by atoms with Gasteiger partial charge in [-0.05, 0) is 35.6 Å². The summed E-state index contributed by atoms with van der Waals surface area (Å²) in [5.74, 6) is 1.57. The van der Waals surface area contributed by atoms with E-state index in [9.17, 15) is 4.79 Å². The maximum Gasteiger partial charge on any atom is 0.223 e. The highest BCUT2D eigenvalue weighted by atomic mass is 32.1. The second-order valence-electron chi connectivity index (χ2n) is 6.57. The van der Waals surface area contributed by atoms with Crippen LogP contribution in [0.15, 0.2) is 42.3 Å². The molecule has 4 rings (SSSR count). The van der Waals surface area contributed by atoms with Crippen molar-refractivity contribution in [2.75, 3.05) is 20.3 Å². The minimum atomic E-state index is 0.122. The van der Waals surface area contributed by atoms with Gasteiger partial charge in [0.05, 0.1) is 13.7 Å². The number of aromatic nitrogens is 3. The highest BCUT2D eigenvalue weighted by Gasteiger charge is 2.23. The number of methoxy groups -OCH3 is 1. The van der Waals surface area contributed by atoms with Gasteiger partial charge in [-0.25, -0.2) is 4.98 Å². The number of amides is 1. The molecule has 146 valence electrons. The number of aryl methyl sites for hydroxylation is 1. The summed E-state index contributed by atoms with van der Waals surface area (Å²) >= 11 is 1.68. The Balaban J connectivity index is 1.50. The zero-order valence-corrected chi connectivity index (χ0v) is 16.5. The van der Waals surface area contributed by atoms with E-state index in [4.69, 9.17) is 9.47 Å². The maximum atomic E-state index is 12.8. The van der Waals surface area contributed by atoms with Crippen molar-refractivity contribution in [2.45, 2.75) is 25.9 Å². The summed E-state index contributed by atoms with van der Waals surface area (Å²) < 4.78 is 13.3. The van der Waals surface area contributed by atoms with Crippen LogP contribution in [0.2, 0.25) is 0 Å². The van der Waals surface area contributed by atoms with Crippen molar-refractivity contribution in [3.05, 3.63) is 47.9 Å². The zero-order chi connectivity index (χ0) is 19.3. The molecule has 3 heterocycles. The molecule has 0 atom stereocenters. The number of hydrogen-bond acceptors (Lipinski definition) is 6. The van der Waals surface area contributed by atoms with Gasteiger partial charge in [-0.2, -0.15) is 5.10 Å². The average molecular weight is 398 g/mol. The van der Waals surface area contributed by atoms with Gasteiger partial charge in [0, 0.05) is 30.0 Å². The molecule has 0 radical (unpaired) electrons. The van der Waals surface area contributed by atoms with Crippen LogP contribution in [0.3, 0.4) is 0 Å². The average Bonchev–Trinajstić information content (AvgIpc) is 3.38. The third kappa shape index (κ3) is 4.01. The van der Waals surface area contributed by atoms with Crippen LogP contribution in [0.4, 0.5) is 0 Å². The van der Waals surface area contributed by atoms with Crippen LogP contribution in [0.25, 0.3) is 10.4 Å². The predicted octanol–water partition coefficient (Wildman–Crippen LogP) is 3.22. The fourth-order valence-corrected chi connectivity index (χ4v) is 4.05. The van der Waals surface area contributed by atoms with E-state index >= 15 is 0 Å². The Labute approximate surface area is 167 Å². The fraction of sp³-hybridized carbons (Fsp3) is 0.350. The monoisotopic (exact) mass is 398 g/mol. The summed E-state index contributed by atoms with van der Waals surface area (Å²) in [5.41, 5.74) is 2.06. The molecule has 0 spiro atoms. The van der Waals surface area contributed by atoms with Crippen molar-refractivity contribution in [3.63, 3.8) is 0 Å². The second-order valence-corrected chi connectivity index (χ2v) is 7.52. The summed E-state index contributed by atoms with van der Waals surface area (Å²) in [6.45, 7) is 2.22. The number of benzene rings is 1. The molecule has 1 aromatic carbocycles. The van der Waals surface area contributed by atoms with Gasteiger partial charge in [0.15, 0.2) is 11.5 Å². The molecule has 0 bridgehead atoms. The van der Waals surface area contributed by atoms with Crippen molar-refractivity contribution in [1.29, 1.82) is 0 Å². The molecule has 0 fully saturated rings. The Morgan fingerprint density at radius 1 is 1.39 bits per heavy atom. The smallest absolute Gasteiger partial charge is 0.223 e. The number of thiophene rings is 1. The van der Waals surface area contributed by atoms with Gasteiger partial charge in [-0.1, -0.05) is 6.07 Å². The van der Waals surface area contributed by atoms with E-state index in [0.717, 1.165) is 28.2 Å². The van der Waals surface area contributed by atoms with Gasteiger partial charge in [0.2, 0.25) is 5.91 Å². The third-order valence-corrected chi connectivity index (χ3v) is 5.64. The number of nitrogens with zero attached hydrogens (tertiary/aromatic N) is 4. The van der Waals surface area contributed by atoms with Gasteiger partial charge in [-0.15, -0.1) is 11.3 Å². The summed E-state index contributed by atoms with van der Waals surface area (Å²) in [6.07, 6.45) is 4.37. The zero-order valence-electron chi connectivity index (χ0n) is 15.7. The SMILES string of the molecule is COc1cc(-c2cccs2)cc2c1OCCN(C(=O)CCCn1cncn1)C2. The molecular formula is C20H22N4O3S. The van der Waals surface area contributed by atoms with Crippen molar-refractivity contribution in [3.8, 4) is 21.9 Å². The highest BCUT2D eigenvalue weighted by molar-refractivity contribution is 7.13. The largest absolute Gasteiger partial charge is 0.493 e. The van der Waals surface area contributed by atoms with Gasteiger partial charge < -0.3 is 14.4 Å². The van der Waals surface area contributed by atoms with Crippen LogP contribution in [0.5, 0.6) is 11.5 Å². The molecule has 1 aliphatic rings. The van der Waals surface area contributed by atoms with Crippen molar-refractivity contribution >= 4 is 17.2 Å². The van der Waals surface area contributed by atoms with Gasteiger partial charge in [0.1, 0.15) is 19.3 Å². The minimum Gasteiger partial charge on any atom is -0.493 e. The summed E-state index contributed by atoms with van der Waals surface area (Å²) in [7, 11) is 1.65. The minimum absolute atomic E-state index is 0.122. The Hall–Kier alpha value is -2.87. The Morgan fingerprint density at radius 2 is 2.32 bits per heavy atom. The maximum absolute atomic E-state index is 12.8. The van der Waals surface area contributed by atoms with E-state index < -0.39 is 0 Å².